The fraction of sp³-hybridized carbons (Fsp3) is 0.381. The smallest absolute Gasteiger partial charge is 0.390 e. The Bertz CT molecular complexity index is 1140. The van der Waals surface area contributed by atoms with E-state index in [1.165, 1.54) is 10.8 Å². The van der Waals surface area contributed by atoms with Crippen LogP contribution in [0.1, 0.15) is 30.3 Å². The molecule has 2 aliphatic rings. The molecule has 0 aliphatic carbocycles. The maximum Gasteiger partial charge on any atom is 0.435 e. The lowest BCUT2D eigenvalue weighted by molar-refractivity contribution is -0.141. The molecule has 2 aromatic rings. The van der Waals surface area contributed by atoms with Gasteiger partial charge in [0, 0.05) is 44.4 Å². The number of halogens is 3. The van der Waals surface area contributed by atoms with Crippen molar-refractivity contribution in [2.24, 2.45) is 11.5 Å². The number of nitrogens with two attached hydrogens (primary N) is 2. The van der Waals surface area contributed by atoms with E-state index < -0.39 is 11.9 Å². The predicted molar refractivity (Wildman–Crippen MR) is 112 cm³/mol. The van der Waals surface area contributed by atoms with Crippen LogP contribution in [-0.4, -0.2) is 32.8 Å². The van der Waals surface area contributed by atoms with Gasteiger partial charge in [-0.3, -0.25) is 4.98 Å². The van der Waals surface area contributed by atoms with Crippen LogP contribution in [0.4, 0.5) is 24.7 Å². The molecule has 0 fully saturated rings. The average Bonchev–Trinajstić information content (AvgIpc) is 3.23. The summed E-state index contributed by atoms with van der Waals surface area (Å²) in [4.78, 5) is 8.37. The van der Waals surface area contributed by atoms with Gasteiger partial charge < -0.3 is 21.3 Å². The highest BCUT2D eigenvalue weighted by molar-refractivity contribution is 5.62. The van der Waals surface area contributed by atoms with Gasteiger partial charge in [0.2, 0.25) is 0 Å². The molecular weight excluding hydrogens is 421 g/mol. The van der Waals surface area contributed by atoms with Gasteiger partial charge in [0.1, 0.15) is 23.4 Å². The van der Waals surface area contributed by atoms with Gasteiger partial charge in [0.15, 0.2) is 5.69 Å². The molecule has 11 heteroatoms. The van der Waals surface area contributed by atoms with Crippen molar-refractivity contribution in [2.75, 3.05) is 18.0 Å². The molecule has 0 aromatic carbocycles. The van der Waals surface area contributed by atoms with Crippen LogP contribution in [0.5, 0.6) is 0 Å². The number of fused-ring (bicyclic) bond motifs is 2. The third kappa shape index (κ3) is 4.08. The molecule has 4 N–H and O–H groups in total. The van der Waals surface area contributed by atoms with Gasteiger partial charge in [0.25, 0.3) is 0 Å². The molecule has 4 heterocycles. The predicted octanol–water partition coefficient (Wildman–Crippen LogP) is 2.75. The van der Waals surface area contributed by atoms with E-state index in [0.717, 1.165) is 17.3 Å². The van der Waals surface area contributed by atoms with Crippen LogP contribution >= 0.6 is 0 Å². The third-order valence-electron chi connectivity index (χ3n) is 5.66. The Balaban J connectivity index is 1.63. The van der Waals surface area contributed by atoms with E-state index in [-0.39, 0.29) is 5.70 Å². The number of nitriles is 1. The van der Waals surface area contributed by atoms with E-state index in [1.807, 2.05) is 21.9 Å². The van der Waals surface area contributed by atoms with Crippen LogP contribution in [0.3, 0.4) is 0 Å². The minimum absolute atomic E-state index is 0.0757. The van der Waals surface area contributed by atoms with Crippen molar-refractivity contribution in [3.8, 4) is 6.07 Å². The minimum atomic E-state index is -4.49. The largest absolute Gasteiger partial charge is 0.435 e. The number of allylic oxidation sites excluding steroid dienone is 3. The zero-order valence-electron chi connectivity index (χ0n) is 17.5. The molecule has 2 aromatic heterocycles. The van der Waals surface area contributed by atoms with Crippen molar-refractivity contribution >= 4 is 11.5 Å². The molecule has 0 saturated carbocycles. The summed E-state index contributed by atoms with van der Waals surface area (Å²) in [6.07, 6.45) is 0.0987. The van der Waals surface area contributed by atoms with Crippen LogP contribution < -0.4 is 16.4 Å². The van der Waals surface area contributed by atoms with E-state index in [2.05, 4.69) is 10.1 Å². The highest BCUT2D eigenvalue weighted by Gasteiger charge is 2.36. The van der Waals surface area contributed by atoms with Crippen molar-refractivity contribution in [1.82, 2.24) is 19.7 Å². The van der Waals surface area contributed by atoms with Gasteiger partial charge in [-0.05, 0) is 36.6 Å². The summed E-state index contributed by atoms with van der Waals surface area (Å²) in [5.74, 6) is 0.926. The number of pyridine rings is 1. The SMILES string of the molecule is CC(/C=C(\N)C#N)=C(/N)N1CCc2ncc(N3CCCn4nc(C(F)(F)F)cc43)cc2C1. The molecule has 0 saturated heterocycles. The summed E-state index contributed by atoms with van der Waals surface area (Å²) in [5, 5.41) is 12.6. The van der Waals surface area contributed by atoms with Crippen LogP contribution in [0.25, 0.3) is 0 Å². The van der Waals surface area contributed by atoms with Gasteiger partial charge in [-0.2, -0.15) is 23.5 Å². The molecule has 168 valence electrons. The second-order valence-electron chi connectivity index (χ2n) is 7.86. The molecule has 0 radical (unpaired) electrons. The monoisotopic (exact) mass is 444 g/mol. The lowest BCUT2D eigenvalue weighted by atomic mass is 10.0. The Labute approximate surface area is 183 Å². The first-order valence-electron chi connectivity index (χ1n) is 10.2. The maximum atomic E-state index is 13.2. The number of rotatable bonds is 3. The van der Waals surface area contributed by atoms with Gasteiger partial charge in [0.05, 0.1) is 11.9 Å². The number of alkyl halides is 3. The summed E-state index contributed by atoms with van der Waals surface area (Å²) in [5.41, 5.74) is 14.3. The number of aromatic nitrogens is 3. The summed E-state index contributed by atoms with van der Waals surface area (Å²) >= 11 is 0. The van der Waals surface area contributed by atoms with Crippen molar-refractivity contribution < 1.29 is 13.2 Å². The van der Waals surface area contributed by atoms with Crippen molar-refractivity contribution in [3.63, 3.8) is 0 Å². The second kappa shape index (κ2) is 8.11. The van der Waals surface area contributed by atoms with Gasteiger partial charge >= 0.3 is 6.18 Å². The highest BCUT2D eigenvalue weighted by atomic mass is 19.4. The zero-order chi connectivity index (χ0) is 23.0. The Morgan fingerprint density at radius 3 is 2.72 bits per heavy atom. The number of nitrogens with zero attached hydrogens (tertiary/aromatic N) is 6. The molecule has 0 unspecified atom stereocenters. The van der Waals surface area contributed by atoms with E-state index in [9.17, 15) is 13.2 Å². The summed E-state index contributed by atoms with van der Waals surface area (Å²) in [7, 11) is 0. The molecule has 4 rings (SSSR count). The van der Waals surface area contributed by atoms with Crippen LogP contribution in [0.15, 0.2) is 41.5 Å². The summed E-state index contributed by atoms with van der Waals surface area (Å²) in [6.45, 7) is 3.96. The summed E-state index contributed by atoms with van der Waals surface area (Å²) < 4.78 is 40.9. The molecule has 2 aliphatic heterocycles. The normalized spacial score (nSPS) is 17.4. The number of hydrogen-bond acceptors (Lipinski definition) is 7. The first-order chi connectivity index (χ1) is 15.2. The maximum absolute atomic E-state index is 13.2. The van der Waals surface area contributed by atoms with Crippen molar-refractivity contribution in [3.05, 3.63) is 58.4 Å². The fourth-order valence-electron chi connectivity index (χ4n) is 4.04. The van der Waals surface area contributed by atoms with E-state index in [1.54, 1.807) is 13.1 Å². The number of hydrogen-bond donors (Lipinski definition) is 2. The summed E-state index contributed by atoms with van der Waals surface area (Å²) in [6, 6.07) is 4.91. The fourth-order valence-corrected chi connectivity index (χ4v) is 4.04. The lowest BCUT2D eigenvalue weighted by Gasteiger charge is -2.33. The molecule has 8 nitrogen and oxygen atoms in total. The first-order valence-corrected chi connectivity index (χ1v) is 10.2. The van der Waals surface area contributed by atoms with E-state index in [0.29, 0.717) is 61.9 Å². The Hall–Kier alpha value is -3.68. The Morgan fingerprint density at radius 1 is 1.22 bits per heavy atom. The molecule has 0 amide bonds. The van der Waals surface area contributed by atoms with Gasteiger partial charge in [-0.25, -0.2) is 4.68 Å². The molecule has 0 atom stereocenters. The average molecular weight is 444 g/mol. The van der Waals surface area contributed by atoms with Crippen LogP contribution in [0, 0.1) is 11.3 Å². The second-order valence-corrected chi connectivity index (χ2v) is 7.86. The first kappa shape index (κ1) is 21.5. The molecular formula is C21H23F3N8. The van der Waals surface area contributed by atoms with Crippen molar-refractivity contribution in [1.29, 1.82) is 5.26 Å². The zero-order valence-corrected chi connectivity index (χ0v) is 17.5. The lowest BCUT2D eigenvalue weighted by Crippen LogP contribution is -2.35. The third-order valence-corrected chi connectivity index (χ3v) is 5.66. The van der Waals surface area contributed by atoms with Gasteiger partial charge in [-0.1, -0.05) is 0 Å². The minimum Gasteiger partial charge on any atom is -0.390 e. The van der Waals surface area contributed by atoms with Crippen LogP contribution in [0.2, 0.25) is 0 Å². The standard InChI is InChI=1S/C21H23F3N8/c1-13(7-15(26)10-25)20(27)30-6-3-17-14(12-30)8-16(11-28-17)31-4-2-5-32-19(31)9-18(29-32)21(22,23)24/h7-9,11H,2-6,12,26-27H2,1H3/b15-7-,20-13+. The number of aryl methyl sites for hydroxylation is 1. The number of anilines is 2. The molecule has 0 spiro atoms. The Kier molecular flexibility index (Phi) is 5.46. The van der Waals surface area contributed by atoms with Crippen LogP contribution in [-0.2, 0) is 25.7 Å². The highest BCUT2D eigenvalue weighted by Crippen LogP contribution is 2.36. The topological polar surface area (TPSA) is 113 Å². The Morgan fingerprint density at radius 2 is 2.00 bits per heavy atom. The van der Waals surface area contributed by atoms with Gasteiger partial charge in [-0.15, -0.1) is 0 Å². The quantitative estimate of drug-likeness (QED) is 0.553. The molecule has 0 bridgehead atoms. The van der Waals surface area contributed by atoms with Crippen molar-refractivity contribution in [2.45, 2.75) is 39.0 Å². The molecule has 32 heavy (non-hydrogen) atoms. The van der Waals surface area contributed by atoms with E-state index >= 15 is 0 Å². The van der Waals surface area contributed by atoms with E-state index in [4.69, 9.17) is 16.7 Å².